The molecule has 1 aromatic rings. The molecule has 2 heterocycles. The van der Waals surface area contributed by atoms with Crippen molar-refractivity contribution in [3.05, 3.63) is 24.2 Å². The van der Waals surface area contributed by atoms with Gasteiger partial charge in [0.05, 0.1) is 6.26 Å². The Morgan fingerprint density at radius 1 is 1.35 bits per heavy atom. The molecule has 0 aromatic carbocycles. The van der Waals surface area contributed by atoms with Gasteiger partial charge in [-0.2, -0.15) is 11.8 Å². The number of carbonyl (C=O) groups is 2. The maximum atomic E-state index is 12.7. The van der Waals surface area contributed by atoms with Gasteiger partial charge in [0.25, 0.3) is 5.91 Å². The van der Waals surface area contributed by atoms with Crippen molar-refractivity contribution >= 4 is 23.6 Å². The molecule has 0 bridgehead atoms. The Hall–Kier alpha value is -1.43. The average molecular weight is 336 g/mol. The number of rotatable bonds is 5. The number of hydrogen-bond donors (Lipinski definition) is 1. The van der Waals surface area contributed by atoms with Crippen molar-refractivity contribution in [1.29, 1.82) is 0 Å². The van der Waals surface area contributed by atoms with Crippen LogP contribution in [0.15, 0.2) is 22.8 Å². The van der Waals surface area contributed by atoms with Crippen molar-refractivity contribution in [3.63, 3.8) is 0 Å². The van der Waals surface area contributed by atoms with Crippen molar-refractivity contribution < 1.29 is 14.0 Å². The molecule has 126 valence electrons. The molecule has 1 aliphatic heterocycles. The van der Waals surface area contributed by atoms with Gasteiger partial charge in [-0.05, 0) is 43.6 Å². The Morgan fingerprint density at radius 3 is 2.96 bits per heavy atom. The number of amides is 2. The number of nitrogens with zero attached hydrogens (tertiary/aromatic N) is 1. The van der Waals surface area contributed by atoms with Crippen LogP contribution in [0.4, 0.5) is 0 Å². The molecule has 1 saturated carbocycles. The van der Waals surface area contributed by atoms with Gasteiger partial charge >= 0.3 is 0 Å². The van der Waals surface area contributed by atoms with Gasteiger partial charge in [-0.25, -0.2) is 0 Å². The van der Waals surface area contributed by atoms with Gasteiger partial charge in [0.2, 0.25) is 5.91 Å². The summed E-state index contributed by atoms with van der Waals surface area (Å²) in [5.74, 6) is 1.20. The van der Waals surface area contributed by atoms with Gasteiger partial charge in [0.15, 0.2) is 5.76 Å². The number of likely N-dealkylation sites (tertiary alicyclic amines) is 1. The first-order chi connectivity index (χ1) is 11.2. The number of carbonyl (C=O) groups excluding carboxylic acids is 2. The molecule has 6 heteroatoms. The van der Waals surface area contributed by atoms with Crippen molar-refractivity contribution in [3.8, 4) is 0 Å². The summed E-state index contributed by atoms with van der Waals surface area (Å²) in [5, 5.41) is 3.72. The van der Waals surface area contributed by atoms with Gasteiger partial charge < -0.3 is 14.6 Å². The number of nitrogens with one attached hydrogen (secondary N) is 1. The molecular formula is C17H24N2O3S. The molecule has 5 nitrogen and oxygen atoms in total. The highest BCUT2D eigenvalue weighted by Crippen LogP contribution is 2.30. The molecule has 2 amide bonds. The largest absolute Gasteiger partial charge is 0.459 e. The lowest BCUT2D eigenvalue weighted by molar-refractivity contribution is -0.125. The van der Waals surface area contributed by atoms with Crippen LogP contribution in [0.3, 0.4) is 0 Å². The van der Waals surface area contributed by atoms with Crippen LogP contribution >= 0.6 is 11.8 Å². The molecule has 0 radical (unpaired) electrons. The summed E-state index contributed by atoms with van der Waals surface area (Å²) < 4.78 is 5.19. The van der Waals surface area contributed by atoms with Crippen LogP contribution in [-0.4, -0.2) is 46.3 Å². The summed E-state index contributed by atoms with van der Waals surface area (Å²) in [6.07, 6.45) is 6.47. The molecule has 3 rings (SSSR count). The molecule has 0 spiro atoms. The van der Waals surface area contributed by atoms with Crippen LogP contribution in [0.25, 0.3) is 0 Å². The lowest BCUT2D eigenvalue weighted by Crippen LogP contribution is -2.50. The first-order valence-corrected chi connectivity index (χ1v) is 9.52. The maximum Gasteiger partial charge on any atom is 0.290 e. The van der Waals surface area contributed by atoms with E-state index in [1.807, 2.05) is 11.8 Å². The molecule has 1 aromatic heterocycles. The van der Waals surface area contributed by atoms with E-state index in [2.05, 4.69) is 12.2 Å². The SMILES string of the molecule is CCS[C@H]1CCC[C@@H]1NC(=O)[C@@H]1CCCN1C(=O)c1ccco1. The highest BCUT2D eigenvalue weighted by Gasteiger charge is 2.37. The molecule has 1 N–H and O–H groups in total. The van der Waals surface area contributed by atoms with E-state index in [4.69, 9.17) is 4.42 Å². The Balaban J connectivity index is 1.63. The molecule has 1 saturated heterocycles. The van der Waals surface area contributed by atoms with Gasteiger partial charge in [0.1, 0.15) is 6.04 Å². The summed E-state index contributed by atoms with van der Waals surface area (Å²) >= 11 is 1.93. The fourth-order valence-electron chi connectivity index (χ4n) is 3.61. The van der Waals surface area contributed by atoms with Crippen molar-refractivity contribution in [1.82, 2.24) is 10.2 Å². The van der Waals surface area contributed by atoms with Gasteiger partial charge in [0, 0.05) is 17.8 Å². The van der Waals surface area contributed by atoms with Crippen LogP contribution in [0.5, 0.6) is 0 Å². The minimum Gasteiger partial charge on any atom is -0.459 e. The molecule has 1 aliphatic carbocycles. The highest BCUT2D eigenvalue weighted by molar-refractivity contribution is 7.99. The van der Waals surface area contributed by atoms with Crippen LogP contribution in [0, 0.1) is 0 Å². The van der Waals surface area contributed by atoms with E-state index in [1.165, 1.54) is 19.1 Å². The smallest absolute Gasteiger partial charge is 0.290 e. The van der Waals surface area contributed by atoms with Crippen molar-refractivity contribution in [2.75, 3.05) is 12.3 Å². The van der Waals surface area contributed by atoms with E-state index in [0.717, 1.165) is 25.0 Å². The third kappa shape index (κ3) is 3.57. The Morgan fingerprint density at radius 2 is 2.22 bits per heavy atom. The van der Waals surface area contributed by atoms with E-state index in [9.17, 15) is 9.59 Å². The molecule has 23 heavy (non-hydrogen) atoms. The third-order valence-corrected chi connectivity index (χ3v) is 6.03. The summed E-state index contributed by atoms with van der Waals surface area (Å²) in [7, 11) is 0. The zero-order valence-corrected chi connectivity index (χ0v) is 14.3. The average Bonchev–Trinajstić information content (AvgIpc) is 3.29. The minimum atomic E-state index is -0.361. The van der Waals surface area contributed by atoms with Crippen molar-refractivity contribution in [2.24, 2.45) is 0 Å². The van der Waals surface area contributed by atoms with E-state index in [0.29, 0.717) is 17.6 Å². The molecule has 2 fully saturated rings. The lowest BCUT2D eigenvalue weighted by atomic mass is 10.1. The quantitative estimate of drug-likeness (QED) is 0.898. The minimum absolute atomic E-state index is 0.00370. The molecule has 0 unspecified atom stereocenters. The third-order valence-electron chi connectivity index (χ3n) is 4.71. The molecular weight excluding hydrogens is 312 g/mol. The predicted molar refractivity (Wildman–Crippen MR) is 90.5 cm³/mol. The predicted octanol–water partition coefficient (Wildman–Crippen LogP) is 2.67. The fourth-order valence-corrected chi connectivity index (χ4v) is 4.81. The van der Waals surface area contributed by atoms with Crippen LogP contribution in [0.2, 0.25) is 0 Å². The van der Waals surface area contributed by atoms with E-state index in [-0.39, 0.29) is 23.9 Å². The second-order valence-electron chi connectivity index (χ2n) is 6.17. The normalized spacial score (nSPS) is 27.3. The zero-order chi connectivity index (χ0) is 16.2. The first kappa shape index (κ1) is 16.4. The highest BCUT2D eigenvalue weighted by atomic mass is 32.2. The van der Waals surface area contributed by atoms with Crippen LogP contribution in [0.1, 0.15) is 49.6 Å². The standard InChI is InChI=1S/C17H24N2O3S/c1-2-23-15-9-3-6-12(15)18-16(20)13-7-4-10-19(13)17(21)14-8-5-11-22-14/h5,8,11-13,15H,2-4,6-7,9-10H2,1H3,(H,18,20)/t12-,13-,15-/m0/s1. The number of hydrogen-bond acceptors (Lipinski definition) is 4. The molecule has 3 atom stereocenters. The Kier molecular flexibility index (Phi) is 5.30. The monoisotopic (exact) mass is 336 g/mol. The Bertz CT molecular complexity index is 546. The lowest BCUT2D eigenvalue weighted by Gasteiger charge is -2.26. The fraction of sp³-hybridized carbons (Fsp3) is 0.647. The van der Waals surface area contributed by atoms with E-state index < -0.39 is 0 Å². The van der Waals surface area contributed by atoms with Gasteiger partial charge in [-0.15, -0.1) is 0 Å². The summed E-state index contributed by atoms with van der Waals surface area (Å²) in [4.78, 5) is 26.8. The zero-order valence-electron chi connectivity index (χ0n) is 13.5. The number of furan rings is 1. The van der Waals surface area contributed by atoms with E-state index in [1.54, 1.807) is 17.0 Å². The van der Waals surface area contributed by atoms with Crippen LogP contribution in [-0.2, 0) is 4.79 Å². The Labute approximate surface area is 141 Å². The second kappa shape index (κ2) is 7.43. The van der Waals surface area contributed by atoms with Gasteiger partial charge in [-0.3, -0.25) is 9.59 Å². The van der Waals surface area contributed by atoms with E-state index >= 15 is 0 Å². The second-order valence-corrected chi connectivity index (χ2v) is 7.69. The van der Waals surface area contributed by atoms with Crippen molar-refractivity contribution in [2.45, 2.75) is 56.4 Å². The topological polar surface area (TPSA) is 62.6 Å². The molecule has 2 aliphatic rings. The summed E-state index contributed by atoms with van der Waals surface area (Å²) in [5.41, 5.74) is 0. The summed E-state index contributed by atoms with van der Waals surface area (Å²) in [6, 6.07) is 3.23. The van der Waals surface area contributed by atoms with Crippen LogP contribution < -0.4 is 5.32 Å². The van der Waals surface area contributed by atoms with Gasteiger partial charge in [-0.1, -0.05) is 13.3 Å². The first-order valence-electron chi connectivity index (χ1n) is 8.47. The maximum absolute atomic E-state index is 12.7. The number of thioether (sulfide) groups is 1. The summed E-state index contributed by atoms with van der Waals surface area (Å²) in [6.45, 7) is 2.78.